The van der Waals surface area contributed by atoms with Crippen molar-refractivity contribution in [2.75, 3.05) is 6.61 Å². The molecule has 6 heteroatoms. The van der Waals surface area contributed by atoms with Gasteiger partial charge in [-0.05, 0) is 37.1 Å². The lowest BCUT2D eigenvalue weighted by Gasteiger charge is -2.10. The lowest BCUT2D eigenvalue weighted by molar-refractivity contribution is -0.121. The fourth-order valence-corrected chi connectivity index (χ4v) is 2.06. The van der Waals surface area contributed by atoms with Gasteiger partial charge >= 0.3 is 0 Å². The first-order valence-electron chi connectivity index (χ1n) is 7.37. The van der Waals surface area contributed by atoms with Gasteiger partial charge in [0.1, 0.15) is 0 Å². The minimum atomic E-state index is -0.903. The fraction of sp³-hybridized carbons (Fsp3) is 0.294. The van der Waals surface area contributed by atoms with Gasteiger partial charge in [-0.1, -0.05) is 12.1 Å². The number of carbonyl (C=O) groups is 1. The zero-order valence-corrected chi connectivity index (χ0v) is 12.8. The van der Waals surface area contributed by atoms with E-state index in [2.05, 4.69) is 10.3 Å². The van der Waals surface area contributed by atoms with Crippen LogP contribution in [0.2, 0.25) is 0 Å². The molecule has 1 heterocycles. The van der Waals surface area contributed by atoms with E-state index in [1.54, 1.807) is 12.3 Å². The summed E-state index contributed by atoms with van der Waals surface area (Å²) < 4.78 is 31.3. The highest BCUT2D eigenvalue weighted by Crippen LogP contribution is 2.14. The maximum atomic E-state index is 13.1. The number of nitrogens with one attached hydrogen (secondary N) is 1. The summed E-state index contributed by atoms with van der Waals surface area (Å²) in [4.78, 5) is 16.0. The molecule has 4 nitrogen and oxygen atoms in total. The molecule has 0 radical (unpaired) electrons. The topological polar surface area (TPSA) is 51.2 Å². The van der Waals surface area contributed by atoms with Gasteiger partial charge in [-0.25, -0.2) is 13.8 Å². The molecule has 0 aliphatic heterocycles. The number of aromatic nitrogens is 1. The number of rotatable bonds is 7. The summed E-state index contributed by atoms with van der Waals surface area (Å²) in [6.07, 6.45) is 2.16. The Bertz CT molecular complexity index is 677. The van der Waals surface area contributed by atoms with Gasteiger partial charge < -0.3 is 10.1 Å². The van der Waals surface area contributed by atoms with Crippen molar-refractivity contribution in [2.45, 2.75) is 26.3 Å². The van der Waals surface area contributed by atoms with Crippen LogP contribution in [0.15, 0.2) is 36.5 Å². The third-order valence-corrected chi connectivity index (χ3v) is 3.23. The SMILES string of the molecule is CCOc1ncccc1CNC(=O)CCc1ccc(F)c(F)c1. The van der Waals surface area contributed by atoms with E-state index in [1.165, 1.54) is 6.07 Å². The van der Waals surface area contributed by atoms with Gasteiger partial charge in [-0.3, -0.25) is 4.79 Å². The summed E-state index contributed by atoms with van der Waals surface area (Å²) in [7, 11) is 0. The summed E-state index contributed by atoms with van der Waals surface area (Å²) in [6.45, 7) is 2.66. The quantitative estimate of drug-likeness (QED) is 0.853. The maximum Gasteiger partial charge on any atom is 0.220 e. The van der Waals surface area contributed by atoms with Gasteiger partial charge in [0, 0.05) is 24.7 Å². The van der Waals surface area contributed by atoms with Gasteiger partial charge in [-0.15, -0.1) is 0 Å². The minimum absolute atomic E-state index is 0.180. The van der Waals surface area contributed by atoms with E-state index in [0.717, 1.165) is 17.7 Å². The van der Waals surface area contributed by atoms with Crippen LogP contribution in [0.3, 0.4) is 0 Å². The van der Waals surface area contributed by atoms with Crippen LogP contribution in [0.25, 0.3) is 0 Å². The highest BCUT2D eigenvalue weighted by atomic mass is 19.2. The van der Waals surface area contributed by atoms with Crippen molar-refractivity contribution in [3.05, 3.63) is 59.3 Å². The second-order valence-corrected chi connectivity index (χ2v) is 4.93. The summed E-state index contributed by atoms with van der Waals surface area (Å²) in [5, 5.41) is 2.77. The molecule has 0 saturated carbocycles. The van der Waals surface area contributed by atoms with E-state index in [4.69, 9.17) is 4.74 Å². The number of carbonyl (C=O) groups excluding carboxylic acids is 1. The molecule has 0 saturated heterocycles. The average molecular weight is 320 g/mol. The third kappa shape index (κ3) is 5.02. The number of hydrogen-bond donors (Lipinski definition) is 1. The van der Waals surface area contributed by atoms with Crippen molar-refractivity contribution in [1.29, 1.82) is 0 Å². The molecular formula is C17H18F2N2O2. The number of halogens is 2. The normalized spacial score (nSPS) is 10.4. The van der Waals surface area contributed by atoms with E-state index in [1.807, 2.05) is 13.0 Å². The average Bonchev–Trinajstić information content (AvgIpc) is 2.55. The number of nitrogens with zero attached hydrogens (tertiary/aromatic N) is 1. The molecule has 0 atom stereocenters. The highest BCUT2D eigenvalue weighted by Gasteiger charge is 2.08. The van der Waals surface area contributed by atoms with Crippen molar-refractivity contribution in [1.82, 2.24) is 10.3 Å². The Balaban J connectivity index is 1.84. The summed E-state index contributed by atoms with van der Waals surface area (Å²) in [6, 6.07) is 7.24. The Morgan fingerprint density at radius 2 is 2.09 bits per heavy atom. The van der Waals surface area contributed by atoms with Crippen LogP contribution in [-0.4, -0.2) is 17.5 Å². The Labute approximate surface area is 133 Å². The molecule has 0 fully saturated rings. The Morgan fingerprint density at radius 1 is 1.26 bits per heavy atom. The first-order chi connectivity index (χ1) is 11.1. The second-order valence-electron chi connectivity index (χ2n) is 4.93. The summed E-state index contributed by atoms with van der Waals surface area (Å²) in [5.41, 5.74) is 1.37. The molecule has 0 aliphatic carbocycles. The van der Waals surface area contributed by atoms with Crippen LogP contribution in [0.1, 0.15) is 24.5 Å². The highest BCUT2D eigenvalue weighted by molar-refractivity contribution is 5.76. The molecule has 23 heavy (non-hydrogen) atoms. The Kier molecular flexibility index (Phi) is 6.02. The smallest absolute Gasteiger partial charge is 0.220 e. The lowest BCUT2D eigenvalue weighted by atomic mass is 10.1. The first kappa shape index (κ1) is 16.9. The first-order valence-corrected chi connectivity index (χ1v) is 7.37. The van der Waals surface area contributed by atoms with Gasteiger partial charge in [0.2, 0.25) is 11.8 Å². The van der Waals surface area contributed by atoms with Gasteiger partial charge in [0.25, 0.3) is 0 Å². The van der Waals surface area contributed by atoms with Crippen LogP contribution in [0.5, 0.6) is 5.88 Å². The van der Waals surface area contributed by atoms with Crippen LogP contribution in [0, 0.1) is 11.6 Å². The second kappa shape index (κ2) is 8.22. The molecule has 2 rings (SSSR count). The van der Waals surface area contributed by atoms with Gasteiger partial charge in [0.15, 0.2) is 11.6 Å². The van der Waals surface area contributed by atoms with Gasteiger partial charge in [-0.2, -0.15) is 0 Å². The van der Waals surface area contributed by atoms with E-state index in [9.17, 15) is 13.6 Å². The predicted molar refractivity (Wildman–Crippen MR) is 81.9 cm³/mol. The molecule has 0 bridgehead atoms. The molecule has 0 spiro atoms. The molecule has 1 aromatic heterocycles. The predicted octanol–water partition coefficient (Wildman–Crippen LogP) is 3.01. The van der Waals surface area contributed by atoms with Crippen molar-refractivity contribution < 1.29 is 18.3 Å². The summed E-state index contributed by atoms with van der Waals surface area (Å²) in [5.74, 6) is -1.48. The fourth-order valence-electron chi connectivity index (χ4n) is 2.06. The number of benzene rings is 1. The van der Waals surface area contributed by atoms with Gasteiger partial charge in [0.05, 0.1) is 6.61 Å². The van der Waals surface area contributed by atoms with Crippen LogP contribution in [0.4, 0.5) is 8.78 Å². The number of pyridine rings is 1. The van der Waals surface area contributed by atoms with E-state index in [0.29, 0.717) is 31.0 Å². The Morgan fingerprint density at radius 3 is 2.83 bits per heavy atom. The molecule has 1 N–H and O–H groups in total. The van der Waals surface area contributed by atoms with E-state index in [-0.39, 0.29) is 12.3 Å². The third-order valence-electron chi connectivity index (χ3n) is 3.23. The number of aryl methyl sites for hydroxylation is 1. The lowest BCUT2D eigenvalue weighted by Crippen LogP contribution is -2.23. The maximum absolute atomic E-state index is 13.1. The molecule has 2 aromatic rings. The largest absolute Gasteiger partial charge is 0.478 e. The standard InChI is InChI=1S/C17H18F2N2O2/c1-2-23-17-13(4-3-9-20-17)11-21-16(22)8-6-12-5-7-14(18)15(19)10-12/h3-5,7,9-10H,2,6,8,11H2,1H3,(H,21,22). The van der Waals surface area contributed by atoms with Crippen molar-refractivity contribution in [3.8, 4) is 5.88 Å². The van der Waals surface area contributed by atoms with Crippen molar-refractivity contribution in [2.24, 2.45) is 0 Å². The van der Waals surface area contributed by atoms with Crippen LogP contribution >= 0.6 is 0 Å². The van der Waals surface area contributed by atoms with Crippen LogP contribution < -0.4 is 10.1 Å². The molecule has 0 unspecified atom stereocenters. The van der Waals surface area contributed by atoms with E-state index < -0.39 is 11.6 Å². The molecule has 1 amide bonds. The zero-order chi connectivity index (χ0) is 16.7. The van der Waals surface area contributed by atoms with E-state index >= 15 is 0 Å². The van der Waals surface area contributed by atoms with Crippen LogP contribution in [-0.2, 0) is 17.8 Å². The number of amides is 1. The Hall–Kier alpha value is -2.50. The van der Waals surface area contributed by atoms with Crippen molar-refractivity contribution in [3.63, 3.8) is 0 Å². The molecule has 122 valence electrons. The molecule has 0 aliphatic rings. The minimum Gasteiger partial charge on any atom is -0.478 e. The molecule has 1 aromatic carbocycles. The zero-order valence-electron chi connectivity index (χ0n) is 12.8. The number of ether oxygens (including phenoxy) is 1. The monoisotopic (exact) mass is 320 g/mol. The summed E-state index contributed by atoms with van der Waals surface area (Å²) >= 11 is 0. The van der Waals surface area contributed by atoms with Crippen molar-refractivity contribution >= 4 is 5.91 Å². The number of hydrogen-bond acceptors (Lipinski definition) is 3. The molecular weight excluding hydrogens is 302 g/mol.